The van der Waals surface area contributed by atoms with Gasteiger partial charge in [0, 0.05) is 18.0 Å². The number of thiazole rings is 1. The number of nitrogens with one attached hydrogen (secondary N) is 2. The highest BCUT2D eigenvalue weighted by atomic mass is 32.1. The number of anilines is 2. The van der Waals surface area contributed by atoms with Gasteiger partial charge in [-0.15, -0.1) is 11.3 Å². The van der Waals surface area contributed by atoms with E-state index in [0.717, 1.165) is 29.3 Å². The Morgan fingerprint density at radius 1 is 1.24 bits per heavy atom. The lowest BCUT2D eigenvalue weighted by Crippen LogP contribution is -2.08. The van der Waals surface area contributed by atoms with E-state index in [0.29, 0.717) is 6.54 Å². The van der Waals surface area contributed by atoms with Gasteiger partial charge in [0.2, 0.25) is 0 Å². The summed E-state index contributed by atoms with van der Waals surface area (Å²) in [4.78, 5) is 12.7. The molecule has 0 aliphatic rings. The largest absolute Gasteiger partial charge is 0.373 e. The minimum atomic E-state index is 0.691. The van der Waals surface area contributed by atoms with Crippen molar-refractivity contribution < 1.29 is 0 Å². The van der Waals surface area contributed by atoms with Crippen molar-refractivity contribution in [2.45, 2.75) is 19.9 Å². The normalized spacial score (nSPS) is 10.2. The van der Waals surface area contributed by atoms with Gasteiger partial charge < -0.3 is 10.6 Å². The zero-order valence-electron chi connectivity index (χ0n) is 9.90. The first-order valence-electron chi connectivity index (χ1n) is 5.47. The number of hydrogen-bond donors (Lipinski definition) is 2. The van der Waals surface area contributed by atoms with E-state index in [2.05, 4.69) is 32.5 Å². The first kappa shape index (κ1) is 11.8. The van der Waals surface area contributed by atoms with Crippen LogP contribution in [0.1, 0.15) is 18.2 Å². The topological polar surface area (TPSA) is 62.7 Å². The van der Waals surface area contributed by atoms with Gasteiger partial charge in [0.1, 0.15) is 18.0 Å². The smallest absolute Gasteiger partial charge is 0.135 e. The van der Waals surface area contributed by atoms with Crippen LogP contribution in [0.4, 0.5) is 11.6 Å². The minimum absolute atomic E-state index is 0.691. The zero-order chi connectivity index (χ0) is 12.1. The maximum atomic E-state index is 4.27. The van der Waals surface area contributed by atoms with E-state index in [1.165, 1.54) is 0 Å². The van der Waals surface area contributed by atoms with Gasteiger partial charge in [0.05, 0.1) is 17.7 Å². The van der Waals surface area contributed by atoms with E-state index < -0.39 is 0 Å². The molecule has 0 bridgehead atoms. The molecule has 2 heterocycles. The summed E-state index contributed by atoms with van der Waals surface area (Å²) in [6.45, 7) is 2.78. The van der Waals surface area contributed by atoms with Gasteiger partial charge in [0.25, 0.3) is 0 Å². The second-order valence-corrected chi connectivity index (χ2v) is 4.21. The molecule has 5 nitrogen and oxygen atoms in total. The van der Waals surface area contributed by atoms with E-state index in [-0.39, 0.29) is 0 Å². The van der Waals surface area contributed by atoms with Crippen molar-refractivity contribution in [2.24, 2.45) is 0 Å². The Kier molecular flexibility index (Phi) is 3.87. The van der Waals surface area contributed by atoms with Gasteiger partial charge in [-0.25, -0.2) is 15.0 Å². The molecule has 2 aromatic rings. The van der Waals surface area contributed by atoms with Crippen molar-refractivity contribution >= 4 is 23.0 Å². The van der Waals surface area contributed by atoms with Gasteiger partial charge in [-0.3, -0.25) is 0 Å². The second-order valence-electron chi connectivity index (χ2n) is 3.49. The first-order chi connectivity index (χ1) is 8.35. The Morgan fingerprint density at radius 3 is 2.71 bits per heavy atom. The number of nitrogens with zero attached hydrogens (tertiary/aromatic N) is 3. The third-order valence-corrected chi connectivity index (χ3v) is 3.09. The van der Waals surface area contributed by atoms with Gasteiger partial charge >= 0.3 is 0 Å². The van der Waals surface area contributed by atoms with Crippen LogP contribution >= 0.6 is 11.3 Å². The number of rotatable bonds is 5. The highest BCUT2D eigenvalue weighted by Gasteiger charge is 2.08. The summed E-state index contributed by atoms with van der Waals surface area (Å²) in [7, 11) is 1.87. The zero-order valence-corrected chi connectivity index (χ0v) is 10.7. The van der Waals surface area contributed by atoms with E-state index in [1.807, 2.05) is 17.9 Å². The van der Waals surface area contributed by atoms with Gasteiger partial charge in [-0.1, -0.05) is 6.92 Å². The van der Waals surface area contributed by atoms with Crippen molar-refractivity contribution in [3.8, 4) is 0 Å². The molecule has 0 saturated carbocycles. The van der Waals surface area contributed by atoms with Crippen LogP contribution in [0, 0.1) is 0 Å². The summed E-state index contributed by atoms with van der Waals surface area (Å²) >= 11 is 1.60. The lowest BCUT2D eigenvalue weighted by molar-refractivity contribution is 0.995. The Bertz CT molecular complexity index is 469. The van der Waals surface area contributed by atoms with Crippen LogP contribution in [0.25, 0.3) is 0 Å². The fourth-order valence-corrected chi connectivity index (χ4v) is 2.17. The average molecular weight is 249 g/mol. The van der Waals surface area contributed by atoms with E-state index in [1.54, 1.807) is 17.7 Å². The third kappa shape index (κ3) is 2.71. The Hall–Kier alpha value is -1.69. The lowest BCUT2D eigenvalue weighted by Gasteiger charge is -2.11. The van der Waals surface area contributed by atoms with Crippen LogP contribution in [0.15, 0.2) is 17.2 Å². The van der Waals surface area contributed by atoms with Crippen LogP contribution in [0.5, 0.6) is 0 Å². The van der Waals surface area contributed by atoms with E-state index in [9.17, 15) is 0 Å². The van der Waals surface area contributed by atoms with Crippen molar-refractivity contribution in [1.29, 1.82) is 0 Å². The SMILES string of the molecule is CCc1c(NC)ncnc1NCc1cscn1. The molecule has 0 aliphatic carbocycles. The molecule has 2 rings (SSSR count). The van der Waals surface area contributed by atoms with E-state index in [4.69, 9.17) is 0 Å². The summed E-state index contributed by atoms with van der Waals surface area (Å²) < 4.78 is 0. The minimum Gasteiger partial charge on any atom is -0.373 e. The van der Waals surface area contributed by atoms with Crippen molar-refractivity contribution in [2.75, 3.05) is 17.7 Å². The van der Waals surface area contributed by atoms with Gasteiger partial charge in [0.15, 0.2) is 0 Å². The summed E-state index contributed by atoms with van der Waals surface area (Å²) in [5.41, 5.74) is 3.96. The summed E-state index contributed by atoms with van der Waals surface area (Å²) in [5.74, 6) is 1.75. The standard InChI is InChI=1S/C11H15N5S/c1-3-9-10(12-2)14-6-15-11(9)13-4-8-5-17-7-16-8/h5-7H,3-4H2,1-2H3,(H2,12,13,14,15). The van der Waals surface area contributed by atoms with Crippen molar-refractivity contribution in [1.82, 2.24) is 15.0 Å². The molecule has 0 amide bonds. The molecular formula is C11H15N5S. The van der Waals surface area contributed by atoms with Crippen LogP contribution in [0.2, 0.25) is 0 Å². The fraction of sp³-hybridized carbons (Fsp3) is 0.364. The predicted octanol–water partition coefficient (Wildman–Crippen LogP) is 2.15. The molecule has 0 saturated heterocycles. The highest BCUT2D eigenvalue weighted by molar-refractivity contribution is 7.07. The molecule has 0 atom stereocenters. The highest BCUT2D eigenvalue weighted by Crippen LogP contribution is 2.20. The number of aromatic nitrogens is 3. The lowest BCUT2D eigenvalue weighted by atomic mass is 10.2. The van der Waals surface area contributed by atoms with E-state index >= 15 is 0 Å². The van der Waals surface area contributed by atoms with Gasteiger partial charge in [-0.2, -0.15) is 0 Å². The summed E-state index contributed by atoms with van der Waals surface area (Å²) in [5, 5.41) is 8.40. The van der Waals surface area contributed by atoms with Gasteiger partial charge in [-0.05, 0) is 6.42 Å². The molecule has 0 fully saturated rings. The monoisotopic (exact) mass is 249 g/mol. The maximum Gasteiger partial charge on any atom is 0.135 e. The molecule has 2 aromatic heterocycles. The molecular weight excluding hydrogens is 234 g/mol. The molecule has 90 valence electrons. The first-order valence-corrected chi connectivity index (χ1v) is 6.42. The molecule has 0 aromatic carbocycles. The molecule has 0 radical (unpaired) electrons. The van der Waals surface area contributed by atoms with Crippen molar-refractivity contribution in [3.05, 3.63) is 28.5 Å². The molecule has 6 heteroatoms. The maximum absolute atomic E-state index is 4.27. The average Bonchev–Trinajstić information content (AvgIpc) is 2.88. The van der Waals surface area contributed by atoms with Crippen LogP contribution in [-0.2, 0) is 13.0 Å². The third-order valence-electron chi connectivity index (χ3n) is 2.46. The molecule has 2 N–H and O–H groups in total. The number of hydrogen-bond acceptors (Lipinski definition) is 6. The quantitative estimate of drug-likeness (QED) is 0.850. The Morgan fingerprint density at radius 2 is 2.06 bits per heavy atom. The van der Waals surface area contributed by atoms with Crippen LogP contribution in [0.3, 0.4) is 0 Å². The molecule has 0 unspecified atom stereocenters. The second kappa shape index (κ2) is 5.58. The summed E-state index contributed by atoms with van der Waals surface area (Å²) in [6.07, 6.45) is 2.45. The summed E-state index contributed by atoms with van der Waals surface area (Å²) in [6, 6.07) is 0. The fourth-order valence-electron chi connectivity index (χ4n) is 1.61. The Labute approximate surface area is 104 Å². The molecule has 0 aliphatic heterocycles. The van der Waals surface area contributed by atoms with Crippen LogP contribution < -0.4 is 10.6 Å². The van der Waals surface area contributed by atoms with Crippen molar-refractivity contribution in [3.63, 3.8) is 0 Å². The molecule has 0 spiro atoms. The van der Waals surface area contributed by atoms with Crippen LogP contribution in [-0.4, -0.2) is 22.0 Å². The Balaban J connectivity index is 2.14. The molecule has 17 heavy (non-hydrogen) atoms. The predicted molar refractivity (Wildman–Crippen MR) is 70.4 cm³/mol.